The molecule has 0 saturated heterocycles. The molecular formula is C16H15Cl2NO. The second kappa shape index (κ2) is 5.55. The Morgan fingerprint density at radius 3 is 2.75 bits per heavy atom. The van der Waals surface area contributed by atoms with Crippen LogP contribution in [0.15, 0.2) is 42.5 Å². The molecule has 0 saturated carbocycles. The molecule has 0 bridgehead atoms. The van der Waals surface area contributed by atoms with Crippen molar-refractivity contribution in [3.8, 4) is 5.75 Å². The van der Waals surface area contributed by atoms with Crippen LogP contribution in [-0.4, -0.2) is 6.61 Å². The third-order valence-corrected chi connectivity index (χ3v) is 4.11. The van der Waals surface area contributed by atoms with Crippen molar-refractivity contribution in [3.05, 3.63) is 58.1 Å². The molecule has 0 radical (unpaired) electrons. The molecule has 0 amide bonds. The van der Waals surface area contributed by atoms with Crippen molar-refractivity contribution in [3.63, 3.8) is 0 Å². The molecule has 1 heterocycles. The molecule has 0 fully saturated rings. The highest BCUT2D eigenvalue weighted by Gasteiger charge is 2.27. The van der Waals surface area contributed by atoms with Gasteiger partial charge in [0.2, 0.25) is 0 Å². The lowest BCUT2D eigenvalue weighted by Crippen LogP contribution is -2.28. The number of nitrogens with one attached hydrogen (secondary N) is 1. The van der Waals surface area contributed by atoms with E-state index in [2.05, 4.69) is 18.3 Å². The second-order valence-corrected chi connectivity index (χ2v) is 5.92. The first-order valence-corrected chi connectivity index (χ1v) is 7.34. The number of halogens is 2. The number of rotatable bonds is 2. The number of hydrogen-bond donors (Lipinski definition) is 1. The molecule has 2 atom stereocenters. The van der Waals surface area contributed by atoms with E-state index in [0.29, 0.717) is 22.6 Å². The van der Waals surface area contributed by atoms with Crippen LogP contribution in [0.4, 0.5) is 5.69 Å². The molecule has 104 valence electrons. The summed E-state index contributed by atoms with van der Waals surface area (Å²) in [7, 11) is 0. The minimum absolute atomic E-state index is 0.179. The zero-order valence-corrected chi connectivity index (χ0v) is 12.6. The first kappa shape index (κ1) is 13.6. The van der Waals surface area contributed by atoms with Crippen molar-refractivity contribution in [1.82, 2.24) is 0 Å². The van der Waals surface area contributed by atoms with E-state index in [1.54, 1.807) is 6.07 Å². The molecule has 0 aromatic heterocycles. The second-order valence-electron chi connectivity index (χ2n) is 5.07. The van der Waals surface area contributed by atoms with Gasteiger partial charge in [0.15, 0.2) is 0 Å². The van der Waals surface area contributed by atoms with Gasteiger partial charge in [0, 0.05) is 16.5 Å². The lowest BCUT2D eigenvalue weighted by molar-refractivity contribution is 0.214. The van der Waals surface area contributed by atoms with Gasteiger partial charge in [0.1, 0.15) is 5.75 Å². The number of ether oxygens (including phenoxy) is 1. The topological polar surface area (TPSA) is 21.3 Å². The average molecular weight is 308 g/mol. The summed E-state index contributed by atoms with van der Waals surface area (Å²) in [6.07, 6.45) is 0. The molecule has 0 aliphatic carbocycles. The SMILES string of the molecule is CC1COc2ccccc2C1Nc1ccc(Cl)cc1Cl. The Hall–Kier alpha value is -1.38. The summed E-state index contributed by atoms with van der Waals surface area (Å²) in [5.41, 5.74) is 2.06. The van der Waals surface area contributed by atoms with Gasteiger partial charge in [-0.1, -0.05) is 48.3 Å². The fraction of sp³-hybridized carbons (Fsp3) is 0.250. The normalized spacial score (nSPS) is 20.9. The molecule has 1 aliphatic rings. The Morgan fingerprint density at radius 2 is 1.95 bits per heavy atom. The summed E-state index contributed by atoms with van der Waals surface area (Å²) < 4.78 is 5.76. The van der Waals surface area contributed by atoms with Crippen LogP contribution in [0.1, 0.15) is 18.5 Å². The molecule has 1 aliphatic heterocycles. The van der Waals surface area contributed by atoms with Gasteiger partial charge in [0.05, 0.1) is 23.4 Å². The minimum Gasteiger partial charge on any atom is -0.493 e. The number of para-hydroxylation sites is 1. The van der Waals surface area contributed by atoms with Gasteiger partial charge in [-0.3, -0.25) is 0 Å². The van der Waals surface area contributed by atoms with Crippen molar-refractivity contribution >= 4 is 28.9 Å². The lowest BCUT2D eigenvalue weighted by atomic mass is 9.92. The van der Waals surface area contributed by atoms with Crippen molar-refractivity contribution in [2.45, 2.75) is 13.0 Å². The van der Waals surface area contributed by atoms with Crippen LogP contribution >= 0.6 is 23.2 Å². The van der Waals surface area contributed by atoms with E-state index in [1.807, 2.05) is 30.3 Å². The number of fused-ring (bicyclic) bond motifs is 1. The van der Waals surface area contributed by atoms with E-state index in [1.165, 1.54) is 0 Å². The predicted molar refractivity (Wildman–Crippen MR) is 83.9 cm³/mol. The van der Waals surface area contributed by atoms with Crippen LogP contribution in [0.2, 0.25) is 10.0 Å². The van der Waals surface area contributed by atoms with Crippen LogP contribution in [0.5, 0.6) is 5.75 Å². The average Bonchev–Trinajstić information content (AvgIpc) is 2.44. The Kier molecular flexibility index (Phi) is 3.77. The van der Waals surface area contributed by atoms with E-state index >= 15 is 0 Å². The highest BCUT2D eigenvalue weighted by Crippen LogP contribution is 2.38. The van der Waals surface area contributed by atoms with Crippen molar-refractivity contribution < 1.29 is 4.74 Å². The zero-order chi connectivity index (χ0) is 14.1. The molecule has 2 aromatic carbocycles. The third kappa shape index (κ3) is 2.58. The van der Waals surface area contributed by atoms with E-state index in [4.69, 9.17) is 27.9 Å². The van der Waals surface area contributed by atoms with Crippen LogP contribution < -0.4 is 10.1 Å². The van der Waals surface area contributed by atoms with Gasteiger partial charge in [-0.25, -0.2) is 0 Å². The quantitative estimate of drug-likeness (QED) is 0.826. The number of benzene rings is 2. The molecule has 2 unspecified atom stereocenters. The van der Waals surface area contributed by atoms with Gasteiger partial charge in [-0.05, 0) is 24.3 Å². The third-order valence-electron chi connectivity index (χ3n) is 3.57. The fourth-order valence-corrected chi connectivity index (χ4v) is 2.95. The molecule has 1 N–H and O–H groups in total. The molecule has 3 rings (SSSR count). The summed E-state index contributed by atoms with van der Waals surface area (Å²) >= 11 is 12.2. The monoisotopic (exact) mass is 307 g/mol. The molecular weight excluding hydrogens is 293 g/mol. The van der Waals surface area contributed by atoms with Gasteiger partial charge in [-0.15, -0.1) is 0 Å². The maximum absolute atomic E-state index is 6.25. The maximum atomic E-state index is 6.25. The highest BCUT2D eigenvalue weighted by atomic mass is 35.5. The van der Waals surface area contributed by atoms with Crippen molar-refractivity contribution in [2.75, 3.05) is 11.9 Å². The smallest absolute Gasteiger partial charge is 0.124 e. The van der Waals surface area contributed by atoms with Crippen LogP contribution in [0.25, 0.3) is 0 Å². The van der Waals surface area contributed by atoms with Gasteiger partial charge >= 0.3 is 0 Å². The van der Waals surface area contributed by atoms with Crippen LogP contribution in [0, 0.1) is 5.92 Å². The van der Waals surface area contributed by atoms with Crippen molar-refractivity contribution in [2.24, 2.45) is 5.92 Å². The van der Waals surface area contributed by atoms with Crippen molar-refractivity contribution in [1.29, 1.82) is 0 Å². The largest absolute Gasteiger partial charge is 0.493 e. The summed E-state index contributed by atoms with van der Waals surface area (Å²) in [6.45, 7) is 2.86. The highest BCUT2D eigenvalue weighted by molar-refractivity contribution is 6.36. The molecule has 20 heavy (non-hydrogen) atoms. The predicted octanol–water partition coefficient (Wildman–Crippen LogP) is 5.18. The minimum atomic E-state index is 0.179. The first-order chi connectivity index (χ1) is 9.65. The summed E-state index contributed by atoms with van der Waals surface area (Å²) in [6, 6.07) is 13.8. The summed E-state index contributed by atoms with van der Waals surface area (Å²) in [4.78, 5) is 0. The van der Waals surface area contributed by atoms with Crippen LogP contribution in [0.3, 0.4) is 0 Å². The Labute approximate surface area is 128 Å². The van der Waals surface area contributed by atoms with Gasteiger partial charge in [-0.2, -0.15) is 0 Å². The van der Waals surface area contributed by atoms with Gasteiger partial charge < -0.3 is 10.1 Å². The Bertz CT molecular complexity index is 630. The van der Waals surface area contributed by atoms with E-state index in [0.717, 1.165) is 17.0 Å². The van der Waals surface area contributed by atoms with Gasteiger partial charge in [0.25, 0.3) is 0 Å². The Balaban J connectivity index is 1.93. The van der Waals surface area contributed by atoms with E-state index < -0.39 is 0 Å². The van der Waals surface area contributed by atoms with Crippen LogP contribution in [-0.2, 0) is 0 Å². The molecule has 2 nitrogen and oxygen atoms in total. The molecule has 0 spiro atoms. The summed E-state index contributed by atoms with van der Waals surface area (Å²) in [5.74, 6) is 1.30. The standard InChI is InChI=1S/C16H15Cl2NO/c1-10-9-20-15-5-3-2-4-12(15)16(10)19-14-7-6-11(17)8-13(14)18/h2-8,10,16,19H,9H2,1H3. The summed E-state index contributed by atoms with van der Waals surface area (Å²) in [5, 5.41) is 4.78. The lowest BCUT2D eigenvalue weighted by Gasteiger charge is -2.33. The van der Waals surface area contributed by atoms with E-state index in [-0.39, 0.29) is 6.04 Å². The zero-order valence-electron chi connectivity index (χ0n) is 11.1. The number of anilines is 1. The van der Waals surface area contributed by atoms with E-state index in [9.17, 15) is 0 Å². The molecule has 4 heteroatoms. The fourth-order valence-electron chi connectivity index (χ4n) is 2.49. The Morgan fingerprint density at radius 1 is 1.15 bits per heavy atom. The maximum Gasteiger partial charge on any atom is 0.124 e. The first-order valence-electron chi connectivity index (χ1n) is 6.58. The number of hydrogen-bond acceptors (Lipinski definition) is 2. The molecule has 2 aromatic rings.